The minimum Gasteiger partial charge on any atom is -0.325 e. The van der Waals surface area contributed by atoms with E-state index in [4.69, 9.17) is 23.2 Å². The Labute approximate surface area is 181 Å². The maximum Gasteiger partial charge on any atom is 0.238 e. The molecular weight excluding hydrogens is 409 g/mol. The smallest absolute Gasteiger partial charge is 0.238 e. The summed E-state index contributed by atoms with van der Waals surface area (Å²) >= 11 is 12.1. The zero-order valence-corrected chi connectivity index (χ0v) is 18.1. The van der Waals surface area contributed by atoms with Crippen LogP contribution in [0.3, 0.4) is 0 Å². The molecule has 1 aliphatic carbocycles. The number of benzene rings is 2. The molecule has 7 heteroatoms. The van der Waals surface area contributed by atoms with E-state index < -0.39 is 0 Å². The molecule has 0 saturated heterocycles. The summed E-state index contributed by atoms with van der Waals surface area (Å²) in [7, 11) is 0. The molecule has 2 N–H and O–H groups in total. The number of hydrogen-bond acceptors (Lipinski definition) is 3. The van der Waals surface area contributed by atoms with Crippen LogP contribution >= 0.6 is 23.2 Å². The molecule has 0 aromatic heterocycles. The highest BCUT2D eigenvalue weighted by molar-refractivity contribution is 6.43. The molecule has 1 fully saturated rings. The Morgan fingerprint density at radius 2 is 1.66 bits per heavy atom. The van der Waals surface area contributed by atoms with Crippen LogP contribution in [0.15, 0.2) is 36.4 Å². The average molecular weight is 434 g/mol. The number of carbonyl (C=O) groups is 2. The van der Waals surface area contributed by atoms with Gasteiger partial charge in [-0.3, -0.25) is 14.5 Å². The summed E-state index contributed by atoms with van der Waals surface area (Å²) in [5.74, 6) is -0.220. The highest BCUT2D eigenvalue weighted by atomic mass is 35.5. The molecule has 1 saturated carbocycles. The van der Waals surface area contributed by atoms with Gasteiger partial charge in [-0.1, -0.05) is 47.5 Å². The van der Waals surface area contributed by atoms with E-state index in [1.165, 1.54) is 0 Å². The van der Waals surface area contributed by atoms with Crippen molar-refractivity contribution in [3.8, 4) is 0 Å². The summed E-state index contributed by atoms with van der Waals surface area (Å²) < 4.78 is 0. The standard InChI is InChI=1S/C22H25Cl2N3O2/c1-14-5-3-6-15(2)22(14)26-20(29)13-27(16-9-10-16)12-11-19(28)25-18-8-4-7-17(23)21(18)24/h3-8,16H,9-13H2,1-2H3,(H,25,28)(H,26,29). The van der Waals surface area contributed by atoms with Crippen LogP contribution in [0.25, 0.3) is 0 Å². The minimum atomic E-state index is -0.157. The van der Waals surface area contributed by atoms with Crippen molar-refractivity contribution in [3.63, 3.8) is 0 Å². The Balaban J connectivity index is 1.54. The number of amides is 2. The Hall–Kier alpha value is -2.08. The van der Waals surface area contributed by atoms with Gasteiger partial charge >= 0.3 is 0 Å². The summed E-state index contributed by atoms with van der Waals surface area (Å²) in [4.78, 5) is 27.0. The average Bonchev–Trinajstić information content (AvgIpc) is 3.51. The quantitative estimate of drug-likeness (QED) is 0.612. The molecule has 0 bridgehead atoms. The van der Waals surface area contributed by atoms with E-state index in [2.05, 4.69) is 15.5 Å². The van der Waals surface area contributed by atoms with Crippen molar-refractivity contribution in [3.05, 3.63) is 57.6 Å². The molecule has 5 nitrogen and oxygen atoms in total. The second kappa shape index (κ2) is 9.61. The number of hydrogen-bond donors (Lipinski definition) is 2. The van der Waals surface area contributed by atoms with E-state index in [0.29, 0.717) is 28.3 Å². The van der Waals surface area contributed by atoms with Crippen LogP contribution in [0.5, 0.6) is 0 Å². The largest absolute Gasteiger partial charge is 0.325 e. The molecule has 2 aromatic carbocycles. The highest BCUT2D eigenvalue weighted by Gasteiger charge is 2.30. The van der Waals surface area contributed by atoms with E-state index in [0.717, 1.165) is 29.7 Å². The zero-order chi connectivity index (χ0) is 21.0. The van der Waals surface area contributed by atoms with Crippen LogP contribution in [-0.2, 0) is 9.59 Å². The number of para-hydroxylation sites is 1. The van der Waals surface area contributed by atoms with E-state index in [1.54, 1.807) is 18.2 Å². The lowest BCUT2D eigenvalue weighted by Gasteiger charge is -2.22. The van der Waals surface area contributed by atoms with Crippen molar-refractivity contribution in [2.24, 2.45) is 0 Å². The number of halogens is 2. The van der Waals surface area contributed by atoms with E-state index in [1.807, 2.05) is 32.0 Å². The monoisotopic (exact) mass is 433 g/mol. The summed E-state index contributed by atoms with van der Waals surface area (Å²) in [6.07, 6.45) is 2.38. The lowest BCUT2D eigenvalue weighted by molar-refractivity contribution is -0.119. The summed E-state index contributed by atoms with van der Waals surface area (Å²) in [5, 5.41) is 6.53. The number of nitrogens with one attached hydrogen (secondary N) is 2. The van der Waals surface area contributed by atoms with Gasteiger partial charge in [-0.25, -0.2) is 0 Å². The van der Waals surface area contributed by atoms with Crippen LogP contribution in [0.2, 0.25) is 10.0 Å². The second-order valence-corrected chi connectivity index (χ2v) is 8.20. The van der Waals surface area contributed by atoms with Crippen LogP contribution in [0.1, 0.15) is 30.4 Å². The van der Waals surface area contributed by atoms with Crippen LogP contribution in [0, 0.1) is 13.8 Å². The van der Waals surface area contributed by atoms with E-state index in [9.17, 15) is 9.59 Å². The van der Waals surface area contributed by atoms with E-state index in [-0.39, 0.29) is 24.8 Å². The summed E-state index contributed by atoms with van der Waals surface area (Å²) in [5.41, 5.74) is 3.43. The predicted molar refractivity (Wildman–Crippen MR) is 119 cm³/mol. The fraction of sp³-hybridized carbons (Fsp3) is 0.364. The lowest BCUT2D eigenvalue weighted by atomic mass is 10.1. The van der Waals surface area contributed by atoms with Crippen LogP contribution in [-0.4, -0.2) is 35.8 Å². The molecule has 2 aromatic rings. The number of anilines is 2. The highest BCUT2D eigenvalue weighted by Crippen LogP contribution is 2.30. The fourth-order valence-electron chi connectivity index (χ4n) is 3.26. The van der Waals surface area contributed by atoms with Crippen LogP contribution < -0.4 is 10.6 Å². The number of nitrogens with zero attached hydrogens (tertiary/aromatic N) is 1. The third-order valence-electron chi connectivity index (χ3n) is 5.01. The molecule has 0 unspecified atom stereocenters. The maximum absolute atomic E-state index is 12.6. The molecule has 0 aliphatic heterocycles. The normalized spacial score (nSPS) is 13.4. The lowest BCUT2D eigenvalue weighted by Crippen LogP contribution is -2.37. The molecule has 3 rings (SSSR count). The zero-order valence-electron chi connectivity index (χ0n) is 16.6. The molecule has 1 aliphatic rings. The molecule has 0 atom stereocenters. The Morgan fingerprint density at radius 3 is 2.31 bits per heavy atom. The molecular formula is C22H25Cl2N3O2. The van der Waals surface area contributed by atoms with Gasteiger partial charge in [0.1, 0.15) is 0 Å². The summed E-state index contributed by atoms with van der Waals surface area (Å²) in [6, 6.07) is 11.4. The molecule has 2 amide bonds. The Morgan fingerprint density at radius 1 is 1.00 bits per heavy atom. The van der Waals surface area contributed by atoms with Gasteiger partial charge in [0.25, 0.3) is 0 Å². The minimum absolute atomic E-state index is 0.0624. The topological polar surface area (TPSA) is 61.4 Å². The van der Waals surface area contributed by atoms with Gasteiger partial charge in [0.2, 0.25) is 11.8 Å². The number of rotatable bonds is 8. The van der Waals surface area contributed by atoms with Gasteiger partial charge in [-0.15, -0.1) is 0 Å². The third kappa shape index (κ3) is 5.95. The van der Waals surface area contributed by atoms with Crippen molar-refractivity contribution in [2.45, 2.75) is 39.2 Å². The first-order valence-corrected chi connectivity index (χ1v) is 10.4. The fourth-order valence-corrected chi connectivity index (χ4v) is 3.61. The van der Waals surface area contributed by atoms with Crippen LogP contribution in [0.4, 0.5) is 11.4 Å². The van der Waals surface area contributed by atoms with Crippen molar-refractivity contribution in [2.75, 3.05) is 23.7 Å². The van der Waals surface area contributed by atoms with Gasteiger partial charge in [0, 0.05) is 24.7 Å². The number of aryl methyl sites for hydroxylation is 2. The predicted octanol–water partition coefficient (Wildman–Crippen LogP) is 5.04. The Bertz CT molecular complexity index is 893. The number of carbonyl (C=O) groups excluding carboxylic acids is 2. The van der Waals surface area contributed by atoms with E-state index >= 15 is 0 Å². The van der Waals surface area contributed by atoms with Crippen molar-refractivity contribution in [1.82, 2.24) is 4.90 Å². The van der Waals surface area contributed by atoms with Gasteiger partial charge in [0.15, 0.2) is 0 Å². The SMILES string of the molecule is Cc1cccc(C)c1NC(=O)CN(CCC(=O)Nc1cccc(Cl)c1Cl)C1CC1. The van der Waals surface area contributed by atoms with Gasteiger partial charge in [-0.05, 0) is 49.9 Å². The third-order valence-corrected chi connectivity index (χ3v) is 5.83. The second-order valence-electron chi connectivity index (χ2n) is 7.42. The first-order chi connectivity index (χ1) is 13.8. The first kappa shape index (κ1) is 21.6. The summed E-state index contributed by atoms with van der Waals surface area (Å²) in [6.45, 7) is 4.73. The van der Waals surface area contributed by atoms with Gasteiger partial charge in [-0.2, -0.15) is 0 Å². The molecule has 0 radical (unpaired) electrons. The molecule has 0 spiro atoms. The maximum atomic E-state index is 12.6. The van der Waals surface area contributed by atoms with Gasteiger partial charge in [0.05, 0.1) is 22.3 Å². The first-order valence-electron chi connectivity index (χ1n) is 9.69. The van der Waals surface area contributed by atoms with Crippen molar-refractivity contribution < 1.29 is 9.59 Å². The Kier molecular flexibility index (Phi) is 7.17. The molecule has 0 heterocycles. The van der Waals surface area contributed by atoms with Gasteiger partial charge < -0.3 is 10.6 Å². The molecule has 154 valence electrons. The van der Waals surface area contributed by atoms with Crippen molar-refractivity contribution >= 4 is 46.4 Å². The molecule has 29 heavy (non-hydrogen) atoms. The van der Waals surface area contributed by atoms with Crippen molar-refractivity contribution in [1.29, 1.82) is 0 Å².